The van der Waals surface area contributed by atoms with Gasteiger partial charge in [0.15, 0.2) is 5.79 Å². The lowest BCUT2D eigenvalue weighted by Crippen LogP contribution is -2.50. The first kappa shape index (κ1) is 14.5. The van der Waals surface area contributed by atoms with Crippen molar-refractivity contribution in [2.24, 2.45) is 0 Å². The van der Waals surface area contributed by atoms with E-state index in [0.29, 0.717) is 24.7 Å². The molecule has 1 aromatic rings. The van der Waals surface area contributed by atoms with E-state index in [1.54, 1.807) is 24.3 Å². The highest BCUT2D eigenvalue weighted by molar-refractivity contribution is 9.10. The minimum atomic E-state index is -3.49. The van der Waals surface area contributed by atoms with Crippen molar-refractivity contribution >= 4 is 26.0 Å². The van der Waals surface area contributed by atoms with E-state index in [2.05, 4.69) is 15.9 Å². The fraction of sp³-hybridized carbons (Fsp3) is 0.538. The predicted molar refractivity (Wildman–Crippen MR) is 76.8 cm³/mol. The quantitative estimate of drug-likeness (QED) is 0.807. The molecule has 2 heterocycles. The molecular weight excluding hydrogens is 346 g/mol. The van der Waals surface area contributed by atoms with Crippen molar-refractivity contribution in [2.45, 2.75) is 23.5 Å². The topological polar surface area (TPSA) is 55.8 Å². The molecule has 0 aliphatic carbocycles. The summed E-state index contributed by atoms with van der Waals surface area (Å²) in [7, 11) is -3.49. The van der Waals surface area contributed by atoms with E-state index in [-0.39, 0.29) is 6.54 Å². The maximum atomic E-state index is 12.6. The fourth-order valence-electron chi connectivity index (χ4n) is 2.64. The second-order valence-corrected chi connectivity index (χ2v) is 7.86. The van der Waals surface area contributed by atoms with Crippen LogP contribution in [-0.2, 0) is 19.5 Å². The minimum Gasteiger partial charge on any atom is -0.346 e. The second-order valence-electron chi connectivity index (χ2n) is 5.00. The van der Waals surface area contributed by atoms with Crippen molar-refractivity contribution < 1.29 is 17.9 Å². The summed E-state index contributed by atoms with van der Waals surface area (Å²) < 4.78 is 38.8. The molecule has 0 radical (unpaired) electrons. The number of halogens is 1. The summed E-state index contributed by atoms with van der Waals surface area (Å²) in [5, 5.41) is 0. The van der Waals surface area contributed by atoms with Crippen LogP contribution in [0.4, 0.5) is 0 Å². The van der Waals surface area contributed by atoms with Crippen LogP contribution in [-0.4, -0.2) is 44.8 Å². The van der Waals surface area contributed by atoms with Crippen LogP contribution in [0.25, 0.3) is 0 Å². The van der Waals surface area contributed by atoms with Crippen molar-refractivity contribution in [3.63, 3.8) is 0 Å². The number of ether oxygens (including phenoxy) is 2. The van der Waals surface area contributed by atoms with Crippen LogP contribution >= 0.6 is 15.9 Å². The number of benzene rings is 1. The summed E-state index contributed by atoms with van der Waals surface area (Å²) in [6.45, 7) is 1.84. The molecule has 0 atom stereocenters. The third-order valence-corrected chi connectivity index (χ3v) is 6.04. The average Bonchev–Trinajstić information content (AvgIpc) is 2.87. The molecule has 1 spiro atoms. The molecule has 0 aromatic heterocycles. The zero-order valence-corrected chi connectivity index (χ0v) is 13.3. The van der Waals surface area contributed by atoms with Crippen molar-refractivity contribution in [1.82, 2.24) is 4.31 Å². The molecule has 110 valence electrons. The van der Waals surface area contributed by atoms with Gasteiger partial charge in [-0.2, -0.15) is 4.31 Å². The fourth-order valence-corrected chi connectivity index (χ4v) is 4.42. The predicted octanol–water partition coefficient (Wildman–Crippen LogP) is 1.98. The van der Waals surface area contributed by atoms with Gasteiger partial charge in [0.05, 0.1) is 24.7 Å². The Balaban J connectivity index is 1.85. The van der Waals surface area contributed by atoms with Crippen LogP contribution in [0.5, 0.6) is 0 Å². The van der Waals surface area contributed by atoms with Gasteiger partial charge in [0, 0.05) is 17.4 Å². The molecule has 20 heavy (non-hydrogen) atoms. The van der Waals surface area contributed by atoms with Gasteiger partial charge in [-0.05, 0) is 30.7 Å². The third kappa shape index (κ3) is 2.65. The highest BCUT2D eigenvalue weighted by Gasteiger charge is 2.44. The van der Waals surface area contributed by atoms with Gasteiger partial charge < -0.3 is 9.47 Å². The number of hydrogen-bond acceptors (Lipinski definition) is 4. The summed E-state index contributed by atoms with van der Waals surface area (Å²) in [4.78, 5) is 0.302. The first-order valence-electron chi connectivity index (χ1n) is 6.56. The van der Waals surface area contributed by atoms with E-state index in [0.717, 1.165) is 17.3 Å². The number of nitrogens with zero attached hydrogens (tertiary/aromatic N) is 1. The Bertz CT molecular complexity index is 581. The molecule has 1 aromatic carbocycles. The van der Waals surface area contributed by atoms with Crippen LogP contribution in [0.1, 0.15) is 12.8 Å². The molecule has 0 bridgehead atoms. The van der Waals surface area contributed by atoms with Gasteiger partial charge in [0.2, 0.25) is 10.0 Å². The molecule has 0 N–H and O–H groups in total. The molecule has 5 nitrogen and oxygen atoms in total. The monoisotopic (exact) mass is 361 g/mol. The Morgan fingerprint density at radius 3 is 2.45 bits per heavy atom. The highest BCUT2D eigenvalue weighted by atomic mass is 79.9. The standard InChI is InChI=1S/C13H16BrNO4S/c14-11-2-4-12(5-3-11)20(16,17)15-7-1-6-13(10-15)18-8-9-19-13/h2-5H,1,6-10H2. The minimum absolute atomic E-state index is 0.269. The normalized spacial score (nSPS) is 23.2. The lowest BCUT2D eigenvalue weighted by molar-refractivity contribution is -0.179. The Morgan fingerprint density at radius 2 is 1.80 bits per heavy atom. The zero-order chi connectivity index (χ0) is 14.2. The van der Waals surface area contributed by atoms with Crippen molar-refractivity contribution in [3.05, 3.63) is 28.7 Å². The highest BCUT2D eigenvalue weighted by Crippen LogP contribution is 2.32. The molecule has 3 rings (SSSR count). The summed E-state index contributed by atoms with van der Waals surface area (Å²) in [6, 6.07) is 6.68. The smallest absolute Gasteiger partial charge is 0.243 e. The van der Waals surface area contributed by atoms with E-state index in [1.165, 1.54) is 4.31 Å². The number of sulfonamides is 1. The molecule has 0 unspecified atom stereocenters. The van der Waals surface area contributed by atoms with Gasteiger partial charge in [0.25, 0.3) is 0 Å². The van der Waals surface area contributed by atoms with E-state index in [9.17, 15) is 8.42 Å². The van der Waals surface area contributed by atoms with Gasteiger partial charge in [-0.3, -0.25) is 0 Å². The van der Waals surface area contributed by atoms with Gasteiger partial charge in [-0.15, -0.1) is 0 Å². The largest absolute Gasteiger partial charge is 0.346 e. The number of piperidine rings is 1. The SMILES string of the molecule is O=S(=O)(c1ccc(Br)cc1)N1CCCC2(C1)OCCO2. The summed E-state index contributed by atoms with van der Waals surface area (Å²) in [5.74, 6) is -0.735. The Labute approximate surface area is 127 Å². The summed E-state index contributed by atoms with van der Waals surface area (Å²) in [6.07, 6.45) is 1.50. The Hall–Kier alpha value is -0.470. The Kier molecular flexibility index (Phi) is 3.89. The van der Waals surface area contributed by atoms with Crippen LogP contribution < -0.4 is 0 Å². The second kappa shape index (κ2) is 5.38. The molecule has 0 amide bonds. The van der Waals surface area contributed by atoms with Crippen molar-refractivity contribution in [1.29, 1.82) is 0 Å². The maximum absolute atomic E-state index is 12.6. The van der Waals surface area contributed by atoms with Crippen LogP contribution in [0.15, 0.2) is 33.6 Å². The van der Waals surface area contributed by atoms with E-state index >= 15 is 0 Å². The van der Waals surface area contributed by atoms with Crippen LogP contribution in [0.3, 0.4) is 0 Å². The Morgan fingerprint density at radius 1 is 1.15 bits per heavy atom. The maximum Gasteiger partial charge on any atom is 0.243 e. The summed E-state index contributed by atoms with van der Waals surface area (Å²) in [5.41, 5.74) is 0. The molecule has 2 aliphatic rings. The van der Waals surface area contributed by atoms with Gasteiger partial charge in [-0.25, -0.2) is 8.42 Å². The molecule has 2 fully saturated rings. The molecule has 2 aliphatic heterocycles. The van der Waals surface area contributed by atoms with Crippen LogP contribution in [0.2, 0.25) is 0 Å². The van der Waals surface area contributed by atoms with E-state index < -0.39 is 15.8 Å². The third-order valence-electron chi connectivity index (χ3n) is 3.65. The van der Waals surface area contributed by atoms with Crippen molar-refractivity contribution in [3.8, 4) is 0 Å². The zero-order valence-electron chi connectivity index (χ0n) is 10.9. The average molecular weight is 362 g/mol. The summed E-state index contributed by atoms with van der Waals surface area (Å²) >= 11 is 3.31. The first-order chi connectivity index (χ1) is 9.52. The molecule has 7 heteroatoms. The lowest BCUT2D eigenvalue weighted by Gasteiger charge is -2.37. The molecule has 2 saturated heterocycles. The number of hydrogen-bond donors (Lipinski definition) is 0. The van der Waals surface area contributed by atoms with E-state index in [4.69, 9.17) is 9.47 Å². The molecule has 0 saturated carbocycles. The van der Waals surface area contributed by atoms with Gasteiger partial charge in [0.1, 0.15) is 0 Å². The molecular formula is C13H16BrNO4S. The number of rotatable bonds is 2. The lowest BCUT2D eigenvalue weighted by atomic mass is 10.1. The van der Waals surface area contributed by atoms with Gasteiger partial charge >= 0.3 is 0 Å². The van der Waals surface area contributed by atoms with E-state index in [1.807, 2.05) is 0 Å². The van der Waals surface area contributed by atoms with Crippen LogP contribution in [0, 0.1) is 0 Å². The van der Waals surface area contributed by atoms with Crippen molar-refractivity contribution in [2.75, 3.05) is 26.3 Å². The van der Waals surface area contributed by atoms with Gasteiger partial charge in [-0.1, -0.05) is 15.9 Å². The first-order valence-corrected chi connectivity index (χ1v) is 8.79.